The highest BCUT2D eigenvalue weighted by Gasteiger charge is 2.35. The summed E-state index contributed by atoms with van der Waals surface area (Å²) in [6, 6.07) is 25.1. The standard InChI is InChI=1S/C37H28BrCl2IN2O5S/c1-3-46-27-14-11-22(12-15-27)33-31(36(45)47-4-2)32(21-8-6-5-7-9-21)42-37-43(33)35(44)30(49-37)17-24-16-25(38)18-29(41)34(24)48-20-23-10-13-26(39)19-28(23)40/h5-19,33H,3-4,20H2,1-2H3/b30-17-/t33-/m1/s1. The number of aromatic nitrogens is 1. The van der Waals surface area contributed by atoms with Crippen LogP contribution in [0.5, 0.6) is 11.5 Å². The summed E-state index contributed by atoms with van der Waals surface area (Å²) in [7, 11) is 0. The molecule has 0 fully saturated rings. The zero-order valence-electron chi connectivity index (χ0n) is 26.2. The number of ether oxygens (including phenoxy) is 3. The van der Waals surface area contributed by atoms with Gasteiger partial charge < -0.3 is 14.2 Å². The van der Waals surface area contributed by atoms with Gasteiger partial charge in [0.05, 0.1) is 38.6 Å². The van der Waals surface area contributed by atoms with Crippen LogP contribution in [0.2, 0.25) is 10.0 Å². The Balaban J connectivity index is 1.54. The van der Waals surface area contributed by atoms with Gasteiger partial charge in [0.25, 0.3) is 5.56 Å². The van der Waals surface area contributed by atoms with Gasteiger partial charge in [0, 0.05) is 31.2 Å². The molecule has 0 amide bonds. The van der Waals surface area contributed by atoms with Crippen LogP contribution in [0.25, 0.3) is 11.8 Å². The molecule has 0 bridgehead atoms. The maximum Gasteiger partial charge on any atom is 0.338 e. The molecule has 7 nitrogen and oxygen atoms in total. The second kappa shape index (κ2) is 15.6. The lowest BCUT2D eigenvalue weighted by atomic mass is 9.93. The van der Waals surface area contributed by atoms with Crippen LogP contribution in [0.1, 0.15) is 42.1 Å². The molecule has 2 heterocycles. The maximum absolute atomic E-state index is 14.5. The minimum absolute atomic E-state index is 0.163. The molecule has 5 aromatic rings. The van der Waals surface area contributed by atoms with Crippen LogP contribution in [-0.4, -0.2) is 23.8 Å². The van der Waals surface area contributed by atoms with Crippen molar-refractivity contribution in [1.29, 1.82) is 0 Å². The number of hydrogen-bond donors (Lipinski definition) is 0. The van der Waals surface area contributed by atoms with Crippen LogP contribution in [0.3, 0.4) is 0 Å². The fourth-order valence-electron chi connectivity index (χ4n) is 5.44. The van der Waals surface area contributed by atoms with E-state index < -0.39 is 12.0 Å². The van der Waals surface area contributed by atoms with E-state index in [1.54, 1.807) is 29.7 Å². The first-order valence-corrected chi connectivity index (χ1v) is 18.7. The van der Waals surface area contributed by atoms with Crippen molar-refractivity contribution in [2.45, 2.75) is 26.5 Å². The Morgan fingerprint density at radius 3 is 2.45 bits per heavy atom. The van der Waals surface area contributed by atoms with Gasteiger partial charge in [0.1, 0.15) is 18.1 Å². The largest absolute Gasteiger partial charge is 0.494 e. The number of carbonyl (C=O) groups excluding carboxylic acids is 1. The molecule has 12 heteroatoms. The molecule has 0 N–H and O–H groups in total. The number of hydrogen-bond acceptors (Lipinski definition) is 7. The minimum atomic E-state index is -0.811. The lowest BCUT2D eigenvalue weighted by Crippen LogP contribution is -2.40. The number of fused-ring (bicyclic) bond motifs is 1. The Kier molecular flexibility index (Phi) is 11.3. The number of thiazole rings is 1. The molecule has 1 aliphatic rings. The van der Waals surface area contributed by atoms with E-state index in [-0.39, 0.29) is 24.3 Å². The van der Waals surface area contributed by atoms with Gasteiger partial charge in [-0.25, -0.2) is 9.79 Å². The predicted octanol–water partition coefficient (Wildman–Crippen LogP) is 8.59. The Morgan fingerprint density at radius 2 is 1.76 bits per heavy atom. The Morgan fingerprint density at radius 1 is 1.00 bits per heavy atom. The average molecular weight is 890 g/mol. The summed E-state index contributed by atoms with van der Waals surface area (Å²) >= 11 is 19.6. The van der Waals surface area contributed by atoms with Gasteiger partial charge >= 0.3 is 5.97 Å². The summed E-state index contributed by atoms with van der Waals surface area (Å²) in [5.74, 6) is 0.720. The highest BCUT2D eigenvalue weighted by molar-refractivity contribution is 14.1. The number of halogens is 4. The van der Waals surface area contributed by atoms with Crippen LogP contribution in [0.4, 0.5) is 0 Å². The molecule has 0 unspecified atom stereocenters. The second-order valence-corrected chi connectivity index (χ2v) is 14.7. The van der Waals surface area contributed by atoms with Crippen LogP contribution < -0.4 is 24.4 Å². The molecule has 0 saturated carbocycles. The third-order valence-electron chi connectivity index (χ3n) is 7.59. The zero-order valence-corrected chi connectivity index (χ0v) is 32.3. The number of carbonyl (C=O) groups is 1. The molecule has 4 aromatic carbocycles. The second-order valence-electron chi connectivity index (χ2n) is 10.8. The molecular formula is C37H28BrCl2IN2O5S. The number of benzene rings is 4. The summed E-state index contributed by atoms with van der Waals surface area (Å²) in [5, 5.41) is 1.03. The molecule has 0 radical (unpaired) electrons. The fraction of sp³-hybridized carbons (Fsp3) is 0.162. The third kappa shape index (κ3) is 7.68. The monoisotopic (exact) mass is 888 g/mol. The normalized spacial score (nSPS) is 14.3. The van der Waals surface area contributed by atoms with E-state index in [0.717, 1.165) is 19.2 Å². The van der Waals surface area contributed by atoms with E-state index >= 15 is 0 Å². The summed E-state index contributed by atoms with van der Waals surface area (Å²) < 4.78 is 21.2. The van der Waals surface area contributed by atoms with E-state index in [1.165, 1.54) is 11.3 Å². The summed E-state index contributed by atoms with van der Waals surface area (Å²) in [6.07, 6.45) is 1.79. The van der Waals surface area contributed by atoms with Gasteiger partial charge in [0.2, 0.25) is 0 Å². The Bertz CT molecular complexity index is 2260. The predicted molar refractivity (Wildman–Crippen MR) is 206 cm³/mol. The zero-order chi connectivity index (χ0) is 34.7. The average Bonchev–Trinajstić information content (AvgIpc) is 3.39. The lowest BCUT2D eigenvalue weighted by Gasteiger charge is -2.26. The van der Waals surface area contributed by atoms with Crippen molar-refractivity contribution in [1.82, 2.24) is 4.57 Å². The first-order valence-electron chi connectivity index (χ1n) is 15.3. The molecule has 1 aliphatic heterocycles. The molecular weight excluding hydrogens is 862 g/mol. The SMILES string of the molecule is CCOC(=O)C1=C(c2ccccc2)N=c2s/c(=C\c3cc(Br)cc(I)c3OCc3ccc(Cl)cc3Cl)c(=O)n2[C@@H]1c1ccc(OCC)cc1. The quantitative estimate of drug-likeness (QED) is 0.104. The topological polar surface area (TPSA) is 79.1 Å². The van der Waals surface area contributed by atoms with Crippen molar-refractivity contribution in [3.05, 3.63) is 151 Å². The number of rotatable bonds is 10. The van der Waals surface area contributed by atoms with Crippen LogP contribution in [0.15, 0.2) is 105 Å². The van der Waals surface area contributed by atoms with Gasteiger partial charge in [0.15, 0.2) is 4.80 Å². The first-order chi connectivity index (χ1) is 23.7. The minimum Gasteiger partial charge on any atom is -0.494 e. The maximum atomic E-state index is 14.5. The van der Waals surface area contributed by atoms with Gasteiger partial charge in [-0.2, -0.15) is 0 Å². The van der Waals surface area contributed by atoms with Crippen molar-refractivity contribution >= 4 is 90.8 Å². The van der Waals surface area contributed by atoms with Crippen molar-refractivity contribution in [2.24, 2.45) is 4.99 Å². The van der Waals surface area contributed by atoms with E-state index in [9.17, 15) is 9.59 Å². The molecule has 0 spiro atoms. The molecule has 0 aliphatic carbocycles. The van der Waals surface area contributed by atoms with E-state index in [2.05, 4.69) is 38.5 Å². The Labute approximate surface area is 318 Å². The molecule has 250 valence electrons. The highest BCUT2D eigenvalue weighted by Crippen LogP contribution is 2.36. The first kappa shape index (κ1) is 35.4. The van der Waals surface area contributed by atoms with E-state index in [0.29, 0.717) is 54.3 Å². The molecule has 49 heavy (non-hydrogen) atoms. The van der Waals surface area contributed by atoms with Crippen LogP contribution in [-0.2, 0) is 16.1 Å². The number of nitrogens with zero attached hydrogens (tertiary/aromatic N) is 2. The van der Waals surface area contributed by atoms with Gasteiger partial charge in [-0.05, 0) is 84.5 Å². The number of esters is 1. The molecule has 1 aromatic heterocycles. The van der Waals surface area contributed by atoms with Gasteiger partial charge in [-0.1, -0.05) is 99.0 Å². The van der Waals surface area contributed by atoms with Crippen molar-refractivity contribution < 1.29 is 19.0 Å². The third-order valence-corrected chi connectivity index (χ3v) is 10.4. The van der Waals surface area contributed by atoms with Gasteiger partial charge in [-0.15, -0.1) is 0 Å². The molecule has 6 rings (SSSR count). The van der Waals surface area contributed by atoms with Crippen molar-refractivity contribution in [3.63, 3.8) is 0 Å². The highest BCUT2D eigenvalue weighted by atomic mass is 127. The van der Waals surface area contributed by atoms with Crippen molar-refractivity contribution in [2.75, 3.05) is 13.2 Å². The van der Waals surface area contributed by atoms with Crippen LogP contribution in [0, 0.1) is 3.57 Å². The fourth-order valence-corrected chi connectivity index (χ4v) is 8.60. The van der Waals surface area contributed by atoms with E-state index in [4.69, 9.17) is 42.4 Å². The summed E-state index contributed by atoms with van der Waals surface area (Å²) in [5.41, 5.74) is 3.31. The summed E-state index contributed by atoms with van der Waals surface area (Å²) in [6.45, 7) is 4.53. The van der Waals surface area contributed by atoms with Gasteiger partial charge in [-0.3, -0.25) is 9.36 Å². The Hall–Kier alpha value is -3.42. The smallest absolute Gasteiger partial charge is 0.338 e. The van der Waals surface area contributed by atoms with Crippen molar-refractivity contribution in [3.8, 4) is 11.5 Å². The lowest BCUT2D eigenvalue weighted by molar-refractivity contribution is -0.138. The van der Waals surface area contributed by atoms with Crippen LogP contribution >= 0.6 is 73.1 Å². The molecule has 1 atom stereocenters. The molecule has 0 saturated heterocycles. The summed E-state index contributed by atoms with van der Waals surface area (Å²) in [4.78, 5) is 33.6. The van der Waals surface area contributed by atoms with E-state index in [1.807, 2.05) is 79.7 Å².